The molecule has 0 spiro atoms. The fourth-order valence-corrected chi connectivity index (χ4v) is 1.12. The second-order valence-electron chi connectivity index (χ2n) is 1.96. The van der Waals surface area contributed by atoms with Gasteiger partial charge < -0.3 is 5.32 Å². The molecule has 0 saturated heterocycles. The third-order valence-electron chi connectivity index (χ3n) is 1.10. The van der Waals surface area contributed by atoms with Crippen LogP contribution in [0.5, 0.6) is 0 Å². The van der Waals surface area contributed by atoms with Gasteiger partial charge in [-0.25, -0.2) is 13.6 Å². The van der Waals surface area contributed by atoms with Crippen molar-refractivity contribution in [3.63, 3.8) is 0 Å². The van der Waals surface area contributed by atoms with Gasteiger partial charge >= 0.3 is 0 Å². The molecule has 0 saturated carbocycles. The van der Waals surface area contributed by atoms with Crippen molar-refractivity contribution in [2.75, 3.05) is 0 Å². The first kappa shape index (κ1) is 8.03. The highest BCUT2D eigenvalue weighted by Crippen LogP contribution is 1.99. The molecule has 5 heteroatoms. The fourth-order valence-electron chi connectivity index (χ4n) is 0.618. The molecule has 1 heterocycles. The van der Waals surface area contributed by atoms with Gasteiger partial charge in [0.1, 0.15) is 5.03 Å². The van der Waals surface area contributed by atoms with Crippen molar-refractivity contribution in [1.82, 2.24) is 5.32 Å². The van der Waals surface area contributed by atoms with E-state index in [0.29, 0.717) is 0 Å². The second-order valence-corrected chi connectivity index (χ2v) is 3.49. The first-order chi connectivity index (χ1) is 5.11. The Bertz CT molecular complexity index is 324. The number of nitrogens with one attached hydrogen (secondary N) is 1. The molecule has 0 bridgehead atoms. The Morgan fingerprint density at radius 2 is 2.00 bits per heavy atom. The van der Waals surface area contributed by atoms with Crippen LogP contribution in [0, 0.1) is 0 Å². The quantitative estimate of drug-likeness (QED) is 0.574. The molecule has 4 nitrogen and oxygen atoms in total. The molecule has 0 atom stereocenters. The molecule has 60 valence electrons. The molecule has 1 aliphatic heterocycles. The van der Waals surface area contributed by atoms with Crippen molar-refractivity contribution in [3.8, 4) is 0 Å². The predicted molar refractivity (Wildman–Crippen MR) is 42.6 cm³/mol. The number of allylic oxidation sites excluding steroid dienone is 4. The van der Waals surface area contributed by atoms with Gasteiger partial charge in [-0.15, -0.1) is 0 Å². The van der Waals surface area contributed by atoms with E-state index in [-0.39, 0.29) is 5.03 Å². The van der Waals surface area contributed by atoms with E-state index in [0.717, 1.165) is 0 Å². The van der Waals surface area contributed by atoms with Crippen molar-refractivity contribution >= 4 is 10.0 Å². The summed E-state index contributed by atoms with van der Waals surface area (Å²) in [5, 5.41) is 7.38. The monoisotopic (exact) mass is 172 g/mol. The Kier molecular flexibility index (Phi) is 2.11. The van der Waals surface area contributed by atoms with Gasteiger partial charge in [0.05, 0.1) is 0 Å². The molecule has 0 unspecified atom stereocenters. The van der Waals surface area contributed by atoms with Crippen LogP contribution in [0.1, 0.15) is 0 Å². The summed E-state index contributed by atoms with van der Waals surface area (Å²) in [6, 6.07) is 0. The summed E-state index contributed by atoms with van der Waals surface area (Å²) in [5.41, 5.74) is 0. The number of primary sulfonamides is 1. The van der Waals surface area contributed by atoms with Crippen molar-refractivity contribution in [3.05, 3.63) is 35.5 Å². The highest BCUT2D eigenvalue weighted by molar-refractivity contribution is 7.93. The number of hydrogen-bond donors (Lipinski definition) is 2. The van der Waals surface area contributed by atoms with Crippen LogP contribution >= 0.6 is 0 Å². The van der Waals surface area contributed by atoms with E-state index in [1.807, 2.05) is 0 Å². The standard InChI is InChI=1S/C6H8N2O2S/c7-11(9,10)6-4-2-1-3-5-8-6/h1-5,8H,(H2,7,9,10). The summed E-state index contributed by atoms with van der Waals surface area (Å²) in [4.78, 5) is 0. The molecule has 0 aromatic heterocycles. The van der Waals surface area contributed by atoms with Crippen LogP contribution in [0.4, 0.5) is 0 Å². The maximum Gasteiger partial charge on any atom is 0.253 e. The lowest BCUT2D eigenvalue weighted by Gasteiger charge is -2.00. The van der Waals surface area contributed by atoms with Crippen LogP contribution in [0.15, 0.2) is 35.5 Å². The second kappa shape index (κ2) is 2.89. The molecule has 1 rings (SSSR count). The van der Waals surface area contributed by atoms with Gasteiger partial charge in [0, 0.05) is 6.20 Å². The van der Waals surface area contributed by atoms with Crippen molar-refractivity contribution in [1.29, 1.82) is 0 Å². The number of hydrogen-bond acceptors (Lipinski definition) is 3. The van der Waals surface area contributed by atoms with Gasteiger partial charge in [0.2, 0.25) is 0 Å². The molecule has 3 N–H and O–H groups in total. The van der Waals surface area contributed by atoms with E-state index in [4.69, 9.17) is 5.14 Å². The third kappa shape index (κ3) is 2.21. The Balaban J connectivity index is 2.99. The number of nitrogens with two attached hydrogens (primary N) is 1. The van der Waals surface area contributed by atoms with E-state index in [2.05, 4.69) is 5.32 Å². The molecule has 11 heavy (non-hydrogen) atoms. The zero-order chi connectivity index (χ0) is 8.32. The Morgan fingerprint density at radius 3 is 2.64 bits per heavy atom. The SMILES string of the molecule is NS(=O)(=O)C1=CC=CC=CN1. The minimum atomic E-state index is -3.60. The van der Waals surface area contributed by atoms with E-state index in [9.17, 15) is 8.42 Å². The molecule has 0 aromatic rings. The van der Waals surface area contributed by atoms with E-state index in [1.165, 1.54) is 12.3 Å². The molecule has 0 fully saturated rings. The van der Waals surface area contributed by atoms with Crippen LogP contribution in [-0.4, -0.2) is 8.42 Å². The number of rotatable bonds is 1. The van der Waals surface area contributed by atoms with Crippen molar-refractivity contribution < 1.29 is 8.42 Å². The van der Waals surface area contributed by atoms with Crippen LogP contribution in [0.25, 0.3) is 0 Å². The summed E-state index contributed by atoms with van der Waals surface area (Å²) in [6.45, 7) is 0. The highest BCUT2D eigenvalue weighted by Gasteiger charge is 2.08. The largest absolute Gasteiger partial charge is 0.351 e. The summed E-state index contributed by atoms with van der Waals surface area (Å²) < 4.78 is 21.4. The smallest absolute Gasteiger partial charge is 0.253 e. The Labute approximate surface area is 65.1 Å². The van der Waals surface area contributed by atoms with Gasteiger partial charge in [-0.3, -0.25) is 0 Å². The molecule has 0 radical (unpaired) electrons. The van der Waals surface area contributed by atoms with Crippen LogP contribution < -0.4 is 10.5 Å². The highest BCUT2D eigenvalue weighted by atomic mass is 32.2. The average Bonchev–Trinajstić information content (AvgIpc) is 2.10. The third-order valence-corrected chi connectivity index (χ3v) is 1.97. The zero-order valence-corrected chi connectivity index (χ0v) is 6.51. The fraction of sp³-hybridized carbons (Fsp3) is 0. The average molecular weight is 172 g/mol. The van der Waals surface area contributed by atoms with E-state index >= 15 is 0 Å². The topological polar surface area (TPSA) is 72.2 Å². The zero-order valence-electron chi connectivity index (χ0n) is 5.69. The minimum Gasteiger partial charge on any atom is -0.351 e. The molecule has 0 aliphatic carbocycles. The minimum absolute atomic E-state index is 0.00231. The molecule has 1 aliphatic rings. The normalized spacial score (nSPS) is 17.0. The van der Waals surface area contributed by atoms with Gasteiger partial charge in [-0.2, -0.15) is 0 Å². The van der Waals surface area contributed by atoms with E-state index < -0.39 is 10.0 Å². The first-order valence-corrected chi connectivity index (χ1v) is 4.48. The van der Waals surface area contributed by atoms with Crippen LogP contribution in [0.2, 0.25) is 0 Å². The molecule has 0 amide bonds. The summed E-state index contributed by atoms with van der Waals surface area (Å²) in [7, 11) is -3.60. The lowest BCUT2D eigenvalue weighted by Crippen LogP contribution is -2.22. The lowest BCUT2D eigenvalue weighted by atomic mass is 10.5. The lowest BCUT2D eigenvalue weighted by molar-refractivity contribution is 0.601. The molecular formula is C6H8N2O2S. The Hall–Kier alpha value is -1.07. The first-order valence-electron chi connectivity index (χ1n) is 2.93. The summed E-state index contributed by atoms with van der Waals surface area (Å²) in [6.07, 6.45) is 7.87. The van der Waals surface area contributed by atoms with Crippen LogP contribution in [-0.2, 0) is 10.0 Å². The molecule has 0 aromatic carbocycles. The van der Waals surface area contributed by atoms with Crippen LogP contribution in [0.3, 0.4) is 0 Å². The Morgan fingerprint density at radius 1 is 1.27 bits per heavy atom. The van der Waals surface area contributed by atoms with Gasteiger partial charge in [-0.1, -0.05) is 12.2 Å². The van der Waals surface area contributed by atoms with Gasteiger partial charge in [0.25, 0.3) is 10.0 Å². The van der Waals surface area contributed by atoms with Gasteiger partial charge in [0.15, 0.2) is 0 Å². The summed E-state index contributed by atoms with van der Waals surface area (Å²) >= 11 is 0. The predicted octanol–water partition coefficient (Wildman–Crippen LogP) is -0.211. The summed E-state index contributed by atoms with van der Waals surface area (Å²) in [5.74, 6) is 0. The maximum absolute atomic E-state index is 10.7. The molecular weight excluding hydrogens is 164 g/mol. The van der Waals surface area contributed by atoms with Gasteiger partial charge in [-0.05, 0) is 12.2 Å². The van der Waals surface area contributed by atoms with Crippen molar-refractivity contribution in [2.24, 2.45) is 5.14 Å². The van der Waals surface area contributed by atoms with Crippen molar-refractivity contribution in [2.45, 2.75) is 0 Å². The maximum atomic E-state index is 10.7. The number of sulfonamides is 1. The van der Waals surface area contributed by atoms with E-state index in [1.54, 1.807) is 18.2 Å².